The smallest absolute Gasteiger partial charge is 0.253 e. The lowest BCUT2D eigenvalue weighted by molar-refractivity contribution is -0.366. The molecule has 25 N–H and O–H groups in total. The molecule has 0 bridgehead atoms. The number of nitrogens with two attached hydrogens (primary N) is 5. The molecule has 6 aliphatic heterocycles. The van der Waals surface area contributed by atoms with Crippen LogP contribution >= 0.6 is 0 Å². The topological polar surface area (TPSA) is 612 Å². The zero-order chi connectivity index (χ0) is 63.4. The first kappa shape index (κ1) is 71.2. The lowest BCUT2D eigenvalue weighted by Crippen LogP contribution is -2.71. The number of imide groups is 1. The van der Waals surface area contributed by atoms with Crippen LogP contribution in [0.25, 0.3) is 0 Å². The Hall–Kier alpha value is -3.87. The summed E-state index contributed by atoms with van der Waals surface area (Å²) < 4.78 is 59.0. The van der Waals surface area contributed by atoms with E-state index in [1.54, 1.807) is 6.92 Å². The van der Waals surface area contributed by atoms with Gasteiger partial charge in [-0.05, 0) is 0 Å². The van der Waals surface area contributed by atoms with Gasteiger partial charge in [-0.3, -0.25) is 28.9 Å². The average molecular weight is 1250 g/mol. The van der Waals surface area contributed by atoms with Crippen molar-refractivity contribution in [2.45, 2.75) is 192 Å². The van der Waals surface area contributed by atoms with Crippen LogP contribution in [0.2, 0.25) is 0 Å². The monoisotopic (exact) mass is 1250 g/mol. The third-order valence-corrected chi connectivity index (χ3v) is 15.2. The van der Waals surface area contributed by atoms with Gasteiger partial charge in [0.05, 0.1) is 88.3 Å². The van der Waals surface area contributed by atoms with Gasteiger partial charge in [0.15, 0.2) is 31.5 Å². The van der Waals surface area contributed by atoms with Crippen molar-refractivity contribution in [3.8, 4) is 0 Å². The lowest BCUT2D eigenvalue weighted by atomic mass is 9.89. The molecule has 0 spiro atoms. The molecule has 6 heterocycles. The molecule has 494 valence electrons. The van der Waals surface area contributed by atoms with Gasteiger partial charge in [0, 0.05) is 38.0 Å². The molecule has 0 aromatic rings. The van der Waals surface area contributed by atoms with E-state index in [-0.39, 0.29) is 26.2 Å². The Morgan fingerprint density at radius 1 is 0.640 bits per heavy atom. The minimum atomic E-state index is -1.90. The molecule has 86 heavy (non-hydrogen) atoms. The first-order valence-corrected chi connectivity index (χ1v) is 27.5. The molecule has 38 heteroatoms. The van der Waals surface area contributed by atoms with Crippen molar-refractivity contribution in [1.82, 2.24) is 15.7 Å². The van der Waals surface area contributed by atoms with Gasteiger partial charge in [-0.2, -0.15) is 0 Å². The fourth-order valence-electron chi connectivity index (χ4n) is 10.2. The van der Waals surface area contributed by atoms with Crippen molar-refractivity contribution in [3.05, 3.63) is 12.2 Å². The zero-order valence-electron chi connectivity index (χ0n) is 46.7. The molecule has 29 unspecified atom stereocenters. The standard InChI is InChI=1S/C48H83N9O29/c1-16-20(11-59)77-44(28(50)33(16)69)85-43-24(15-63)81-48(32(38(43)74)55-17(2)64)86-42-23(14-62)80-47(31(53)37(42)73)84-41-22(13-61)79-46(30(52)36(41)72)83-40-21(12-60)78-45(29(51)35(40)71)82-39(19(65)10-58)34(70)18(49)9-54-75-7-8-76-56-25(66)5-6-57-26(67)3-4-27(57)68/h3-4,9,16,18-24,28-48,58-63,65,69-74H,5-8,10-15,49-53H2,1-2H3,(H,55,64)(H,56,66)/b54-9+. The molecule has 0 aliphatic carbocycles. The number of nitrogens with one attached hydrogen (secondary N) is 2. The molecule has 5 saturated heterocycles. The predicted molar refractivity (Wildman–Crippen MR) is 278 cm³/mol. The number of hydrogen-bond acceptors (Lipinski definition) is 35. The second-order valence-corrected chi connectivity index (χ2v) is 21.2. The van der Waals surface area contributed by atoms with Crippen molar-refractivity contribution in [1.29, 1.82) is 0 Å². The summed E-state index contributed by atoms with van der Waals surface area (Å²) in [5, 5.41) is 146. The second kappa shape index (κ2) is 32.7. The van der Waals surface area contributed by atoms with Gasteiger partial charge in [-0.1, -0.05) is 12.1 Å². The molecule has 0 aromatic heterocycles. The van der Waals surface area contributed by atoms with E-state index in [2.05, 4.69) is 16.0 Å². The highest BCUT2D eigenvalue weighted by molar-refractivity contribution is 6.13. The van der Waals surface area contributed by atoms with Crippen LogP contribution < -0.4 is 39.5 Å². The fraction of sp³-hybridized carbons (Fsp3) is 0.854. The Kier molecular flexibility index (Phi) is 27.1. The quantitative estimate of drug-likeness (QED) is 0.0143. The van der Waals surface area contributed by atoms with Gasteiger partial charge >= 0.3 is 0 Å². The molecule has 0 aromatic carbocycles. The first-order chi connectivity index (χ1) is 40.8. The summed E-state index contributed by atoms with van der Waals surface area (Å²) in [5.74, 6) is -3.10. The first-order valence-electron chi connectivity index (χ1n) is 27.5. The van der Waals surface area contributed by atoms with Crippen molar-refractivity contribution < 1.29 is 143 Å². The van der Waals surface area contributed by atoms with E-state index < -0.39 is 241 Å². The number of carbonyl (C=O) groups is 4. The highest BCUT2D eigenvalue weighted by Crippen LogP contribution is 2.36. The van der Waals surface area contributed by atoms with Gasteiger partial charge in [-0.25, -0.2) is 5.48 Å². The van der Waals surface area contributed by atoms with Crippen LogP contribution in [0.15, 0.2) is 17.3 Å². The zero-order valence-corrected chi connectivity index (χ0v) is 46.7. The molecular weight excluding hydrogens is 1170 g/mol. The normalized spacial score (nSPS) is 41.0. The molecule has 6 rings (SSSR count). The highest BCUT2D eigenvalue weighted by atomic mass is 16.8. The van der Waals surface area contributed by atoms with E-state index in [0.717, 1.165) is 30.2 Å². The average Bonchev–Trinajstić information content (AvgIpc) is 1.27. The Bertz CT molecular complexity index is 2200. The fourth-order valence-corrected chi connectivity index (χ4v) is 10.2. The van der Waals surface area contributed by atoms with Crippen molar-refractivity contribution in [3.63, 3.8) is 0 Å². The maximum atomic E-state index is 12.5. The number of carbonyl (C=O) groups excluding carboxylic acids is 4. The van der Waals surface area contributed by atoms with Crippen molar-refractivity contribution in [2.24, 2.45) is 39.7 Å². The number of ether oxygens (including phenoxy) is 10. The van der Waals surface area contributed by atoms with Crippen LogP contribution in [0.4, 0.5) is 0 Å². The van der Waals surface area contributed by atoms with Crippen LogP contribution in [0.3, 0.4) is 0 Å². The second-order valence-electron chi connectivity index (χ2n) is 21.2. The number of hydrogen-bond donors (Lipinski definition) is 20. The Balaban J connectivity index is 1.02. The molecule has 6 aliphatic rings. The number of rotatable bonds is 29. The number of amides is 4. The summed E-state index contributed by atoms with van der Waals surface area (Å²) in [4.78, 5) is 58.5. The van der Waals surface area contributed by atoms with Crippen LogP contribution in [-0.4, -0.2) is 332 Å². The maximum absolute atomic E-state index is 12.5. The molecule has 4 amide bonds. The molecule has 5 fully saturated rings. The largest absolute Gasteiger partial charge is 0.394 e. The van der Waals surface area contributed by atoms with Crippen molar-refractivity contribution >= 4 is 29.8 Å². The molecule has 38 nitrogen and oxygen atoms in total. The minimum Gasteiger partial charge on any atom is -0.394 e. The molecule has 0 saturated carbocycles. The Morgan fingerprint density at radius 3 is 1.52 bits per heavy atom. The van der Waals surface area contributed by atoms with Crippen molar-refractivity contribution in [2.75, 3.05) is 59.4 Å². The summed E-state index contributed by atoms with van der Waals surface area (Å²) in [6.07, 6.45) is -33.6. The van der Waals surface area contributed by atoms with Gasteiger partial charge in [0.1, 0.15) is 111 Å². The predicted octanol–water partition coefficient (Wildman–Crippen LogP) is -13.8. The third kappa shape index (κ3) is 16.9. The van der Waals surface area contributed by atoms with Crippen LogP contribution in [0, 0.1) is 5.92 Å². The summed E-state index contributed by atoms with van der Waals surface area (Å²) in [5.41, 5.74) is 33.4. The van der Waals surface area contributed by atoms with E-state index in [9.17, 15) is 85.6 Å². The molecule has 29 atom stereocenters. The summed E-state index contributed by atoms with van der Waals surface area (Å²) in [6.45, 7) is -3.20. The van der Waals surface area contributed by atoms with Crippen LogP contribution in [0.1, 0.15) is 20.3 Å². The maximum Gasteiger partial charge on any atom is 0.253 e. The summed E-state index contributed by atoms with van der Waals surface area (Å²) >= 11 is 0. The Morgan fingerprint density at radius 2 is 1.06 bits per heavy atom. The number of oxime groups is 1. The third-order valence-electron chi connectivity index (χ3n) is 15.2. The number of aliphatic hydroxyl groups is 13. The highest BCUT2D eigenvalue weighted by Gasteiger charge is 2.56. The van der Waals surface area contributed by atoms with E-state index in [4.69, 9.17) is 85.7 Å². The number of hydroxylamine groups is 1. The van der Waals surface area contributed by atoms with Crippen LogP contribution in [-0.2, 0) is 76.2 Å². The van der Waals surface area contributed by atoms with E-state index in [1.165, 1.54) is 0 Å². The van der Waals surface area contributed by atoms with Crippen LogP contribution in [0.5, 0.6) is 0 Å². The number of nitrogens with zero attached hydrogens (tertiary/aromatic N) is 2. The van der Waals surface area contributed by atoms with Gasteiger partial charge in [0.25, 0.3) is 11.8 Å². The van der Waals surface area contributed by atoms with Gasteiger partial charge in [0.2, 0.25) is 11.8 Å². The molecular formula is C48H83N9O29. The number of aliphatic hydroxyl groups excluding tert-OH is 13. The SMILES string of the molecule is CC(=O)NC1C(OC2C(CO)OC(OC3C(CO)OC(OC4C(CO)OC(OC(C(O)CO)C(O)C(N)/C=N/OCCONC(=O)CCN5C(=O)C=CC5=O)C(N)C4O)C(N)C3O)C(N)C2O)OC(CO)C(OC2OC(CO)C(C)C(O)C2N)C1O. The lowest BCUT2D eigenvalue weighted by Gasteiger charge is -2.50. The summed E-state index contributed by atoms with van der Waals surface area (Å²) in [6, 6.07) is -9.16. The summed E-state index contributed by atoms with van der Waals surface area (Å²) in [7, 11) is 0. The molecule has 0 radical (unpaired) electrons. The minimum absolute atomic E-state index is 0.177. The van der Waals surface area contributed by atoms with Gasteiger partial charge < -0.3 is 153 Å². The van der Waals surface area contributed by atoms with Gasteiger partial charge in [-0.15, -0.1) is 0 Å². The van der Waals surface area contributed by atoms with E-state index in [1.807, 2.05) is 0 Å². The van der Waals surface area contributed by atoms with E-state index in [0.29, 0.717) is 0 Å². The van der Waals surface area contributed by atoms with E-state index >= 15 is 0 Å². The Labute approximate surface area is 490 Å².